The van der Waals surface area contributed by atoms with Crippen molar-refractivity contribution in [1.29, 1.82) is 0 Å². The van der Waals surface area contributed by atoms with Crippen LogP contribution in [-0.4, -0.2) is 9.78 Å². The maximum atomic E-state index is 5.85. The van der Waals surface area contributed by atoms with Crippen LogP contribution >= 0.6 is 11.6 Å². The van der Waals surface area contributed by atoms with Crippen LogP contribution in [0.25, 0.3) is 0 Å². The third kappa shape index (κ3) is 1.41. The van der Waals surface area contributed by atoms with Crippen molar-refractivity contribution >= 4 is 17.4 Å². The Morgan fingerprint density at radius 3 is 2.85 bits per heavy atom. The highest BCUT2D eigenvalue weighted by molar-refractivity contribution is 6.32. The number of aromatic nitrogens is 2. The Morgan fingerprint density at radius 2 is 2.38 bits per heavy atom. The Bertz CT molecular complexity index is 308. The average molecular weight is 200 g/mol. The van der Waals surface area contributed by atoms with Gasteiger partial charge in [-0.2, -0.15) is 5.10 Å². The van der Waals surface area contributed by atoms with Crippen LogP contribution < -0.4 is 5.73 Å². The lowest BCUT2D eigenvalue weighted by Gasteiger charge is -2.17. The lowest BCUT2D eigenvalue weighted by Crippen LogP contribution is -2.15. The van der Waals surface area contributed by atoms with Gasteiger partial charge in [0.25, 0.3) is 0 Å². The number of hydrogen-bond donors (Lipinski definition) is 1. The normalized spacial score (nSPS) is 28.2. The summed E-state index contributed by atoms with van der Waals surface area (Å²) in [7, 11) is 0. The Morgan fingerprint density at radius 1 is 1.62 bits per heavy atom. The Labute approximate surface area is 82.9 Å². The van der Waals surface area contributed by atoms with Crippen LogP contribution in [0, 0.1) is 5.92 Å². The van der Waals surface area contributed by atoms with Crippen LogP contribution in [0.3, 0.4) is 0 Å². The van der Waals surface area contributed by atoms with Crippen LogP contribution in [0.5, 0.6) is 0 Å². The number of nitrogens with zero attached hydrogens (tertiary/aromatic N) is 2. The number of nitrogen functional groups attached to an aromatic ring is 1. The molecule has 2 N–H and O–H groups in total. The first-order valence-electron chi connectivity index (χ1n) is 4.68. The highest BCUT2D eigenvalue weighted by Gasteiger charge is 2.27. The Kier molecular flexibility index (Phi) is 2.20. The molecule has 72 valence electrons. The van der Waals surface area contributed by atoms with Crippen LogP contribution in [-0.2, 0) is 0 Å². The number of anilines is 1. The molecule has 1 fully saturated rings. The minimum Gasteiger partial charge on any atom is -0.383 e. The van der Waals surface area contributed by atoms with Gasteiger partial charge in [0.15, 0.2) is 0 Å². The monoisotopic (exact) mass is 199 g/mol. The van der Waals surface area contributed by atoms with Gasteiger partial charge in [-0.05, 0) is 18.8 Å². The van der Waals surface area contributed by atoms with Gasteiger partial charge < -0.3 is 5.73 Å². The number of rotatable bonds is 1. The summed E-state index contributed by atoms with van der Waals surface area (Å²) in [4.78, 5) is 0. The van der Waals surface area contributed by atoms with Gasteiger partial charge in [0.05, 0.1) is 12.2 Å². The average Bonchev–Trinajstić information content (AvgIpc) is 2.62. The van der Waals surface area contributed by atoms with Gasteiger partial charge in [0.1, 0.15) is 10.8 Å². The second kappa shape index (κ2) is 3.22. The first kappa shape index (κ1) is 8.88. The molecule has 1 heterocycles. The second-order valence-corrected chi connectivity index (χ2v) is 4.21. The van der Waals surface area contributed by atoms with Crippen molar-refractivity contribution in [3.05, 3.63) is 11.2 Å². The smallest absolute Gasteiger partial charge is 0.140 e. The van der Waals surface area contributed by atoms with Crippen molar-refractivity contribution in [2.24, 2.45) is 5.92 Å². The van der Waals surface area contributed by atoms with E-state index >= 15 is 0 Å². The second-order valence-electron chi connectivity index (χ2n) is 3.80. The quantitative estimate of drug-likeness (QED) is 0.755. The third-order valence-electron chi connectivity index (χ3n) is 2.92. The minimum absolute atomic E-state index is 0.451. The fourth-order valence-electron chi connectivity index (χ4n) is 2.10. The zero-order chi connectivity index (χ0) is 9.42. The topological polar surface area (TPSA) is 43.8 Å². The number of hydrogen-bond acceptors (Lipinski definition) is 2. The molecule has 0 amide bonds. The highest BCUT2D eigenvalue weighted by Crippen LogP contribution is 2.37. The SMILES string of the molecule is CC1CCCC1n1ncc(Cl)c1N. The van der Waals surface area contributed by atoms with Crippen LogP contribution in [0.1, 0.15) is 32.2 Å². The van der Waals surface area contributed by atoms with E-state index in [-0.39, 0.29) is 0 Å². The van der Waals surface area contributed by atoms with Gasteiger partial charge in [-0.25, -0.2) is 4.68 Å². The molecule has 1 aliphatic rings. The minimum atomic E-state index is 0.451. The molecule has 0 aromatic carbocycles. The summed E-state index contributed by atoms with van der Waals surface area (Å²) in [6.45, 7) is 2.24. The van der Waals surface area contributed by atoms with Crippen molar-refractivity contribution in [3.63, 3.8) is 0 Å². The molecule has 2 unspecified atom stereocenters. The van der Waals surface area contributed by atoms with Crippen molar-refractivity contribution in [2.45, 2.75) is 32.2 Å². The van der Waals surface area contributed by atoms with E-state index in [9.17, 15) is 0 Å². The van der Waals surface area contributed by atoms with E-state index in [1.807, 2.05) is 4.68 Å². The summed E-state index contributed by atoms with van der Waals surface area (Å²) in [6.07, 6.45) is 5.33. The van der Waals surface area contributed by atoms with E-state index in [4.69, 9.17) is 17.3 Å². The first-order valence-corrected chi connectivity index (χ1v) is 5.06. The predicted octanol–water partition coefficient (Wildman–Crippen LogP) is 2.48. The molecule has 1 aromatic heterocycles. The molecule has 4 heteroatoms. The molecule has 1 aliphatic carbocycles. The molecule has 0 spiro atoms. The molecular weight excluding hydrogens is 186 g/mol. The molecule has 0 radical (unpaired) electrons. The molecule has 2 rings (SSSR count). The predicted molar refractivity (Wildman–Crippen MR) is 53.7 cm³/mol. The largest absolute Gasteiger partial charge is 0.383 e. The summed E-state index contributed by atoms with van der Waals surface area (Å²) in [5, 5.41) is 4.78. The zero-order valence-corrected chi connectivity index (χ0v) is 8.46. The van der Waals surface area contributed by atoms with Crippen molar-refractivity contribution in [1.82, 2.24) is 9.78 Å². The van der Waals surface area contributed by atoms with Gasteiger partial charge in [-0.15, -0.1) is 0 Å². The molecule has 0 bridgehead atoms. The molecule has 3 nitrogen and oxygen atoms in total. The van der Waals surface area contributed by atoms with E-state index in [2.05, 4.69) is 12.0 Å². The van der Waals surface area contributed by atoms with E-state index in [0.717, 1.165) is 0 Å². The van der Waals surface area contributed by atoms with Gasteiger partial charge in [-0.3, -0.25) is 0 Å². The van der Waals surface area contributed by atoms with Crippen LogP contribution in [0.2, 0.25) is 5.02 Å². The fraction of sp³-hybridized carbons (Fsp3) is 0.667. The van der Waals surface area contributed by atoms with E-state index < -0.39 is 0 Å². The molecule has 1 aromatic rings. The highest BCUT2D eigenvalue weighted by atomic mass is 35.5. The molecule has 0 aliphatic heterocycles. The van der Waals surface area contributed by atoms with Gasteiger partial charge >= 0.3 is 0 Å². The standard InChI is InChI=1S/C9H14ClN3/c1-6-3-2-4-8(6)13-9(11)7(10)5-12-13/h5-6,8H,2-4,11H2,1H3. The molecule has 13 heavy (non-hydrogen) atoms. The number of halogens is 1. The van der Waals surface area contributed by atoms with E-state index in [1.54, 1.807) is 6.20 Å². The third-order valence-corrected chi connectivity index (χ3v) is 3.21. The van der Waals surface area contributed by atoms with Crippen molar-refractivity contribution < 1.29 is 0 Å². The summed E-state index contributed by atoms with van der Waals surface area (Å²) in [5.74, 6) is 1.28. The summed E-state index contributed by atoms with van der Waals surface area (Å²) >= 11 is 5.85. The zero-order valence-electron chi connectivity index (χ0n) is 7.70. The lowest BCUT2D eigenvalue weighted by atomic mass is 10.1. The van der Waals surface area contributed by atoms with Gasteiger partial charge in [0, 0.05) is 0 Å². The summed E-state index contributed by atoms with van der Waals surface area (Å²) in [5.41, 5.74) is 5.81. The maximum absolute atomic E-state index is 5.85. The van der Waals surface area contributed by atoms with Crippen molar-refractivity contribution in [2.75, 3.05) is 5.73 Å². The van der Waals surface area contributed by atoms with Crippen LogP contribution in [0.15, 0.2) is 6.20 Å². The summed E-state index contributed by atoms with van der Waals surface area (Å²) in [6, 6.07) is 0.451. The van der Waals surface area contributed by atoms with Gasteiger partial charge in [0.2, 0.25) is 0 Å². The van der Waals surface area contributed by atoms with E-state index in [1.165, 1.54) is 19.3 Å². The van der Waals surface area contributed by atoms with Crippen LogP contribution in [0.4, 0.5) is 5.82 Å². The number of nitrogens with two attached hydrogens (primary N) is 1. The fourth-order valence-corrected chi connectivity index (χ4v) is 2.23. The molecule has 1 saturated carbocycles. The van der Waals surface area contributed by atoms with Gasteiger partial charge in [-0.1, -0.05) is 24.9 Å². The van der Waals surface area contributed by atoms with E-state index in [0.29, 0.717) is 22.8 Å². The molecule has 0 saturated heterocycles. The molecule has 2 atom stereocenters. The maximum Gasteiger partial charge on any atom is 0.140 e. The summed E-state index contributed by atoms with van der Waals surface area (Å²) < 4.78 is 1.88. The molecular formula is C9H14ClN3. The lowest BCUT2D eigenvalue weighted by molar-refractivity contribution is 0.379. The Hall–Kier alpha value is -0.700. The first-order chi connectivity index (χ1) is 6.20. The Balaban J connectivity index is 2.29. The van der Waals surface area contributed by atoms with Crippen molar-refractivity contribution in [3.8, 4) is 0 Å².